The lowest BCUT2D eigenvalue weighted by Crippen LogP contribution is -2.43. The molecule has 1 atom stereocenters. The predicted octanol–water partition coefficient (Wildman–Crippen LogP) is 4.44. The van der Waals surface area contributed by atoms with Crippen LogP contribution in [-0.4, -0.2) is 30.4 Å². The SMILES string of the molecule is O=C(NCCCc1ccc(F)cc1)[C@@H]1CCCN(Cc2ccccc2Cl)C1. The Bertz CT molecular complexity index is 750. The van der Waals surface area contributed by atoms with Crippen molar-refractivity contribution in [3.63, 3.8) is 0 Å². The van der Waals surface area contributed by atoms with E-state index in [-0.39, 0.29) is 17.6 Å². The van der Waals surface area contributed by atoms with Crippen LogP contribution < -0.4 is 5.32 Å². The van der Waals surface area contributed by atoms with Crippen LogP contribution in [0.5, 0.6) is 0 Å². The summed E-state index contributed by atoms with van der Waals surface area (Å²) in [4.78, 5) is 14.8. The minimum absolute atomic E-state index is 0.0343. The van der Waals surface area contributed by atoms with Gasteiger partial charge in [-0.1, -0.05) is 41.9 Å². The molecule has 1 saturated heterocycles. The number of carbonyl (C=O) groups is 1. The number of benzene rings is 2. The van der Waals surface area contributed by atoms with Crippen LogP contribution in [0, 0.1) is 11.7 Å². The number of carbonyl (C=O) groups excluding carboxylic acids is 1. The van der Waals surface area contributed by atoms with E-state index >= 15 is 0 Å². The largest absolute Gasteiger partial charge is 0.356 e. The van der Waals surface area contributed by atoms with Crippen LogP contribution in [0.3, 0.4) is 0 Å². The average Bonchev–Trinajstić information content (AvgIpc) is 2.68. The third-order valence-electron chi connectivity index (χ3n) is 5.08. The molecule has 2 aromatic rings. The van der Waals surface area contributed by atoms with Gasteiger partial charge in [-0.15, -0.1) is 0 Å². The van der Waals surface area contributed by atoms with E-state index in [0.29, 0.717) is 6.54 Å². The second-order valence-electron chi connectivity index (χ2n) is 7.19. The average molecular weight is 389 g/mol. The molecule has 0 saturated carbocycles. The Labute approximate surface area is 165 Å². The molecule has 2 aromatic carbocycles. The molecule has 1 fully saturated rings. The zero-order chi connectivity index (χ0) is 19.1. The Hall–Kier alpha value is -1.91. The van der Waals surface area contributed by atoms with Crippen molar-refractivity contribution in [1.29, 1.82) is 0 Å². The molecule has 1 N–H and O–H groups in total. The van der Waals surface area contributed by atoms with Gasteiger partial charge in [-0.3, -0.25) is 9.69 Å². The standard InChI is InChI=1S/C22H26ClFN2O/c23-21-8-2-1-6-18(21)15-26-14-4-7-19(16-26)22(27)25-13-3-5-17-9-11-20(24)12-10-17/h1-2,6,8-12,19H,3-5,7,13-16H2,(H,25,27)/t19-/m1/s1. The molecule has 0 bridgehead atoms. The number of rotatable bonds is 7. The zero-order valence-electron chi connectivity index (χ0n) is 15.5. The summed E-state index contributed by atoms with van der Waals surface area (Å²) < 4.78 is 12.9. The molecule has 0 unspecified atom stereocenters. The minimum atomic E-state index is -0.217. The van der Waals surface area contributed by atoms with Crippen LogP contribution >= 0.6 is 11.6 Å². The number of amides is 1. The molecule has 1 amide bonds. The van der Waals surface area contributed by atoms with Crippen LogP contribution in [0.2, 0.25) is 5.02 Å². The molecule has 1 heterocycles. The van der Waals surface area contributed by atoms with Crippen molar-refractivity contribution in [2.75, 3.05) is 19.6 Å². The van der Waals surface area contributed by atoms with Gasteiger partial charge < -0.3 is 5.32 Å². The quantitative estimate of drug-likeness (QED) is 0.711. The fraction of sp³-hybridized carbons (Fsp3) is 0.409. The molecule has 0 radical (unpaired) electrons. The van der Waals surface area contributed by atoms with E-state index in [1.807, 2.05) is 24.3 Å². The van der Waals surface area contributed by atoms with Gasteiger partial charge in [-0.25, -0.2) is 4.39 Å². The highest BCUT2D eigenvalue weighted by molar-refractivity contribution is 6.31. The lowest BCUT2D eigenvalue weighted by atomic mass is 9.96. The molecular formula is C22H26ClFN2O. The summed E-state index contributed by atoms with van der Waals surface area (Å²) in [7, 11) is 0. The third kappa shape index (κ3) is 6.05. The fourth-order valence-electron chi connectivity index (χ4n) is 3.58. The van der Waals surface area contributed by atoms with Gasteiger partial charge in [0, 0.05) is 24.7 Å². The second-order valence-corrected chi connectivity index (χ2v) is 7.59. The van der Waals surface area contributed by atoms with E-state index in [1.165, 1.54) is 12.1 Å². The molecule has 5 heteroatoms. The molecule has 3 rings (SSSR count). The number of nitrogens with one attached hydrogen (secondary N) is 1. The summed E-state index contributed by atoms with van der Waals surface area (Å²) in [5.41, 5.74) is 2.20. The predicted molar refractivity (Wildman–Crippen MR) is 107 cm³/mol. The van der Waals surface area contributed by atoms with Gasteiger partial charge >= 0.3 is 0 Å². The first-order chi connectivity index (χ1) is 13.1. The van der Waals surface area contributed by atoms with Gasteiger partial charge in [-0.2, -0.15) is 0 Å². The lowest BCUT2D eigenvalue weighted by molar-refractivity contribution is -0.126. The number of aryl methyl sites for hydroxylation is 1. The number of piperidine rings is 1. The van der Waals surface area contributed by atoms with Crippen molar-refractivity contribution >= 4 is 17.5 Å². The molecule has 1 aliphatic rings. The molecule has 0 aromatic heterocycles. The summed E-state index contributed by atoms with van der Waals surface area (Å²) >= 11 is 6.26. The highest BCUT2D eigenvalue weighted by atomic mass is 35.5. The smallest absolute Gasteiger partial charge is 0.224 e. The Morgan fingerprint density at radius 3 is 2.74 bits per heavy atom. The highest BCUT2D eigenvalue weighted by Gasteiger charge is 2.25. The molecule has 1 aliphatic heterocycles. The first-order valence-corrected chi connectivity index (χ1v) is 9.97. The van der Waals surface area contributed by atoms with Gasteiger partial charge in [0.05, 0.1) is 5.92 Å². The number of hydrogen-bond donors (Lipinski definition) is 1. The Morgan fingerprint density at radius 1 is 1.19 bits per heavy atom. The number of likely N-dealkylation sites (tertiary alicyclic amines) is 1. The molecular weight excluding hydrogens is 363 g/mol. The van der Waals surface area contributed by atoms with Crippen LogP contribution in [-0.2, 0) is 17.8 Å². The van der Waals surface area contributed by atoms with Crippen molar-refractivity contribution in [2.24, 2.45) is 5.92 Å². The Morgan fingerprint density at radius 2 is 1.96 bits per heavy atom. The van der Waals surface area contributed by atoms with Crippen molar-refractivity contribution < 1.29 is 9.18 Å². The van der Waals surface area contributed by atoms with Crippen molar-refractivity contribution in [3.05, 3.63) is 70.5 Å². The summed E-state index contributed by atoms with van der Waals surface area (Å²) in [5.74, 6) is -0.0456. The van der Waals surface area contributed by atoms with Crippen LogP contribution in [0.25, 0.3) is 0 Å². The van der Waals surface area contributed by atoms with Crippen molar-refractivity contribution in [1.82, 2.24) is 10.2 Å². The fourth-order valence-corrected chi connectivity index (χ4v) is 3.78. The maximum Gasteiger partial charge on any atom is 0.224 e. The third-order valence-corrected chi connectivity index (χ3v) is 5.45. The summed E-state index contributed by atoms with van der Waals surface area (Å²) in [5, 5.41) is 3.85. The highest BCUT2D eigenvalue weighted by Crippen LogP contribution is 2.22. The zero-order valence-corrected chi connectivity index (χ0v) is 16.2. The van der Waals surface area contributed by atoms with E-state index < -0.39 is 0 Å². The van der Waals surface area contributed by atoms with Crippen molar-refractivity contribution in [3.8, 4) is 0 Å². The topological polar surface area (TPSA) is 32.3 Å². The monoisotopic (exact) mass is 388 g/mol. The van der Waals surface area contributed by atoms with Crippen LogP contribution in [0.4, 0.5) is 4.39 Å². The van der Waals surface area contributed by atoms with Gasteiger partial charge in [0.2, 0.25) is 5.91 Å². The molecule has 144 valence electrons. The van der Waals surface area contributed by atoms with Crippen LogP contribution in [0.1, 0.15) is 30.4 Å². The van der Waals surface area contributed by atoms with E-state index in [1.54, 1.807) is 12.1 Å². The first-order valence-electron chi connectivity index (χ1n) is 9.60. The van der Waals surface area contributed by atoms with Crippen molar-refractivity contribution in [2.45, 2.75) is 32.2 Å². The second kappa shape index (κ2) is 9.86. The number of halogens is 2. The normalized spacial score (nSPS) is 17.6. The summed E-state index contributed by atoms with van der Waals surface area (Å²) in [6, 6.07) is 14.4. The maximum absolute atomic E-state index is 12.9. The number of nitrogens with zero attached hydrogens (tertiary/aromatic N) is 1. The lowest BCUT2D eigenvalue weighted by Gasteiger charge is -2.32. The Kier molecular flexibility index (Phi) is 7.25. The number of hydrogen-bond acceptors (Lipinski definition) is 2. The summed E-state index contributed by atoms with van der Waals surface area (Å²) in [6.45, 7) is 3.21. The van der Waals surface area contributed by atoms with Gasteiger partial charge in [0.1, 0.15) is 5.82 Å². The van der Waals surface area contributed by atoms with Crippen LogP contribution in [0.15, 0.2) is 48.5 Å². The van der Waals surface area contributed by atoms with Gasteiger partial charge in [0.15, 0.2) is 0 Å². The van der Waals surface area contributed by atoms with E-state index in [2.05, 4.69) is 10.2 Å². The van der Waals surface area contributed by atoms with Gasteiger partial charge in [-0.05, 0) is 61.6 Å². The van der Waals surface area contributed by atoms with E-state index in [9.17, 15) is 9.18 Å². The van der Waals surface area contributed by atoms with E-state index in [0.717, 1.165) is 61.5 Å². The molecule has 3 nitrogen and oxygen atoms in total. The molecule has 0 aliphatic carbocycles. The summed E-state index contributed by atoms with van der Waals surface area (Å²) in [6.07, 6.45) is 3.65. The van der Waals surface area contributed by atoms with E-state index in [4.69, 9.17) is 11.6 Å². The first kappa shape index (κ1) is 19.8. The van der Waals surface area contributed by atoms with Gasteiger partial charge in [0.25, 0.3) is 0 Å². The molecule has 27 heavy (non-hydrogen) atoms. The molecule has 0 spiro atoms. The Balaban J connectivity index is 1.41. The maximum atomic E-state index is 12.9. The minimum Gasteiger partial charge on any atom is -0.356 e.